The number of hydrogen-bond donors (Lipinski definition) is 1. The van der Waals surface area contributed by atoms with Gasteiger partial charge in [-0.2, -0.15) is 0 Å². The normalized spacial score (nSPS) is 15.2. The van der Waals surface area contributed by atoms with Gasteiger partial charge in [0, 0.05) is 57.8 Å². The van der Waals surface area contributed by atoms with Crippen molar-refractivity contribution in [3.63, 3.8) is 0 Å². The Labute approximate surface area is 158 Å². The Balaban J connectivity index is 1.57. The number of nitrogens with one attached hydrogen (secondary N) is 1. The van der Waals surface area contributed by atoms with Crippen LogP contribution in [0.4, 0.5) is 5.69 Å². The van der Waals surface area contributed by atoms with Crippen molar-refractivity contribution in [2.75, 3.05) is 38.6 Å². The van der Waals surface area contributed by atoms with Crippen molar-refractivity contribution in [1.29, 1.82) is 0 Å². The van der Waals surface area contributed by atoms with E-state index >= 15 is 0 Å². The first-order valence-electron chi connectivity index (χ1n) is 8.87. The average molecular weight is 375 g/mol. The minimum absolute atomic E-state index is 0.169. The maximum Gasteiger partial charge on any atom is 0.219 e. The van der Waals surface area contributed by atoms with E-state index in [1.165, 1.54) is 5.56 Å². The zero-order chi connectivity index (χ0) is 18.4. The number of anilines is 1. The van der Waals surface area contributed by atoms with Gasteiger partial charge in [0.2, 0.25) is 5.91 Å². The van der Waals surface area contributed by atoms with Gasteiger partial charge in [-0.3, -0.25) is 9.69 Å². The number of ether oxygens (including phenoxy) is 1. The van der Waals surface area contributed by atoms with E-state index in [0.29, 0.717) is 13.2 Å². The predicted octanol–water partition coefficient (Wildman–Crippen LogP) is 2.57. The Morgan fingerprint density at radius 3 is 2.77 bits per heavy atom. The van der Waals surface area contributed by atoms with Crippen LogP contribution in [0.1, 0.15) is 23.2 Å². The molecule has 0 spiro atoms. The molecule has 3 rings (SSSR count). The first kappa shape index (κ1) is 18.8. The molecule has 0 bridgehead atoms. The molecule has 1 amide bonds. The van der Waals surface area contributed by atoms with Crippen LogP contribution in [-0.2, 0) is 29.2 Å². The fourth-order valence-corrected chi connectivity index (χ4v) is 3.86. The molecule has 26 heavy (non-hydrogen) atoms. The van der Waals surface area contributed by atoms with Crippen LogP contribution in [0, 0.1) is 0 Å². The van der Waals surface area contributed by atoms with Gasteiger partial charge < -0.3 is 15.0 Å². The lowest BCUT2D eigenvalue weighted by Crippen LogP contribution is -2.47. The Bertz CT molecular complexity index is 726. The van der Waals surface area contributed by atoms with Crippen LogP contribution in [0.3, 0.4) is 0 Å². The molecule has 1 aromatic carbocycles. The number of carbonyl (C=O) groups is 1. The summed E-state index contributed by atoms with van der Waals surface area (Å²) in [7, 11) is 1.69. The molecule has 140 valence electrons. The van der Waals surface area contributed by atoms with E-state index in [0.717, 1.165) is 49.1 Å². The molecule has 1 saturated heterocycles. The predicted molar refractivity (Wildman–Crippen MR) is 104 cm³/mol. The number of methoxy groups -OCH3 is 1. The monoisotopic (exact) mass is 374 g/mol. The van der Waals surface area contributed by atoms with Gasteiger partial charge in [-0.1, -0.05) is 18.2 Å². The third-order valence-electron chi connectivity index (χ3n) is 4.56. The topological polar surface area (TPSA) is 57.7 Å². The summed E-state index contributed by atoms with van der Waals surface area (Å²) in [5, 5.41) is 6.59. The summed E-state index contributed by atoms with van der Waals surface area (Å²) in [5.41, 5.74) is 3.45. The van der Waals surface area contributed by atoms with Crippen LogP contribution in [0.5, 0.6) is 0 Å². The van der Waals surface area contributed by atoms with E-state index in [4.69, 9.17) is 4.74 Å². The zero-order valence-electron chi connectivity index (χ0n) is 15.4. The van der Waals surface area contributed by atoms with Crippen molar-refractivity contribution in [2.24, 2.45) is 0 Å². The Morgan fingerprint density at radius 2 is 2.04 bits per heavy atom. The number of rotatable bonds is 7. The Morgan fingerprint density at radius 1 is 1.27 bits per heavy atom. The molecule has 1 aliphatic heterocycles. The van der Waals surface area contributed by atoms with Crippen molar-refractivity contribution in [1.82, 2.24) is 14.8 Å². The molecule has 0 atom stereocenters. The second-order valence-corrected chi connectivity index (χ2v) is 7.40. The maximum atomic E-state index is 11.5. The van der Waals surface area contributed by atoms with Crippen molar-refractivity contribution >= 4 is 22.9 Å². The lowest BCUT2D eigenvalue weighted by molar-refractivity contribution is -0.130. The smallest absolute Gasteiger partial charge is 0.219 e. The third kappa shape index (κ3) is 5.03. The summed E-state index contributed by atoms with van der Waals surface area (Å²) in [6.07, 6.45) is 0. The fraction of sp³-hybridized carbons (Fsp3) is 0.474. The van der Waals surface area contributed by atoms with Crippen molar-refractivity contribution in [3.8, 4) is 0 Å². The molecule has 1 N–H and O–H groups in total. The van der Waals surface area contributed by atoms with Gasteiger partial charge in [-0.25, -0.2) is 4.98 Å². The molecular formula is C19H26N4O2S. The van der Waals surface area contributed by atoms with Gasteiger partial charge in [0.25, 0.3) is 0 Å². The van der Waals surface area contributed by atoms with E-state index < -0.39 is 0 Å². The van der Waals surface area contributed by atoms with E-state index in [9.17, 15) is 4.79 Å². The van der Waals surface area contributed by atoms with Crippen LogP contribution in [-0.4, -0.2) is 54.0 Å². The third-order valence-corrected chi connectivity index (χ3v) is 5.43. The largest absolute Gasteiger partial charge is 0.379 e. The summed E-state index contributed by atoms with van der Waals surface area (Å²) < 4.78 is 5.13. The standard InChI is InChI=1S/C19H26N4O2S/c1-15(24)23-9-7-22(8-10-23)12-16-5-3-4-6-18(16)20-11-17-14-26-19(21-17)13-25-2/h3-6,14,20H,7-13H2,1-2H3. The molecule has 7 heteroatoms. The maximum absolute atomic E-state index is 11.5. The summed E-state index contributed by atoms with van der Waals surface area (Å²) in [6, 6.07) is 8.41. The van der Waals surface area contributed by atoms with Gasteiger partial charge in [0.1, 0.15) is 5.01 Å². The average Bonchev–Trinajstić information content (AvgIpc) is 3.09. The van der Waals surface area contributed by atoms with Gasteiger partial charge in [0.05, 0.1) is 18.8 Å². The summed E-state index contributed by atoms with van der Waals surface area (Å²) in [4.78, 5) is 20.4. The van der Waals surface area contributed by atoms with Crippen LogP contribution in [0.2, 0.25) is 0 Å². The number of hydrogen-bond acceptors (Lipinski definition) is 6. The highest BCUT2D eigenvalue weighted by Crippen LogP contribution is 2.20. The molecule has 1 fully saturated rings. The van der Waals surface area contributed by atoms with E-state index in [1.807, 2.05) is 4.90 Å². The van der Waals surface area contributed by atoms with E-state index in [-0.39, 0.29) is 5.91 Å². The van der Waals surface area contributed by atoms with E-state index in [1.54, 1.807) is 25.4 Å². The van der Waals surface area contributed by atoms with Crippen LogP contribution in [0.25, 0.3) is 0 Å². The first-order chi connectivity index (χ1) is 12.7. The van der Waals surface area contributed by atoms with Gasteiger partial charge >= 0.3 is 0 Å². The van der Waals surface area contributed by atoms with Gasteiger partial charge in [-0.15, -0.1) is 11.3 Å². The summed E-state index contributed by atoms with van der Waals surface area (Å²) in [6.45, 7) is 7.26. The number of thiazole rings is 1. The Hall–Kier alpha value is -1.96. The quantitative estimate of drug-likeness (QED) is 0.807. The van der Waals surface area contributed by atoms with Crippen LogP contribution >= 0.6 is 11.3 Å². The second-order valence-electron chi connectivity index (χ2n) is 6.46. The SMILES string of the molecule is COCc1nc(CNc2ccccc2CN2CCN(C(C)=O)CC2)cs1. The molecular weight excluding hydrogens is 348 g/mol. The Kier molecular flexibility index (Phi) is 6.60. The number of benzene rings is 1. The molecule has 0 saturated carbocycles. The lowest BCUT2D eigenvalue weighted by atomic mass is 10.1. The summed E-state index contributed by atoms with van der Waals surface area (Å²) in [5.74, 6) is 0.169. The number of para-hydroxylation sites is 1. The minimum Gasteiger partial charge on any atom is -0.379 e. The summed E-state index contributed by atoms with van der Waals surface area (Å²) >= 11 is 1.63. The molecule has 1 aromatic heterocycles. The van der Waals surface area contributed by atoms with Gasteiger partial charge in [0.15, 0.2) is 0 Å². The molecule has 6 nitrogen and oxygen atoms in total. The molecule has 2 aromatic rings. The highest BCUT2D eigenvalue weighted by atomic mass is 32.1. The number of carbonyl (C=O) groups excluding carboxylic acids is 1. The molecule has 0 aliphatic carbocycles. The number of piperazine rings is 1. The molecule has 1 aliphatic rings. The fourth-order valence-electron chi connectivity index (χ4n) is 3.10. The minimum atomic E-state index is 0.169. The van der Waals surface area contributed by atoms with Crippen LogP contribution in [0.15, 0.2) is 29.6 Å². The van der Waals surface area contributed by atoms with Gasteiger partial charge in [-0.05, 0) is 11.6 Å². The van der Waals surface area contributed by atoms with Crippen molar-refractivity contribution < 1.29 is 9.53 Å². The number of aromatic nitrogens is 1. The first-order valence-corrected chi connectivity index (χ1v) is 9.75. The van der Waals surface area contributed by atoms with E-state index in [2.05, 4.69) is 44.8 Å². The highest BCUT2D eigenvalue weighted by molar-refractivity contribution is 7.09. The number of amides is 1. The highest BCUT2D eigenvalue weighted by Gasteiger charge is 2.19. The van der Waals surface area contributed by atoms with Crippen molar-refractivity contribution in [3.05, 3.63) is 45.9 Å². The zero-order valence-corrected chi connectivity index (χ0v) is 16.2. The lowest BCUT2D eigenvalue weighted by Gasteiger charge is -2.34. The number of nitrogens with zero attached hydrogens (tertiary/aromatic N) is 3. The van der Waals surface area contributed by atoms with Crippen LogP contribution < -0.4 is 5.32 Å². The molecule has 0 radical (unpaired) electrons. The second kappa shape index (κ2) is 9.12. The van der Waals surface area contributed by atoms with Crippen molar-refractivity contribution in [2.45, 2.75) is 26.6 Å². The molecule has 0 unspecified atom stereocenters. The molecule has 2 heterocycles.